The minimum atomic E-state index is -1.07. The fourth-order valence-corrected chi connectivity index (χ4v) is 4.66. The molecule has 4 atom stereocenters. The smallest absolute Gasteiger partial charge is 0.233 e. The Bertz CT molecular complexity index is 1040. The highest BCUT2D eigenvalue weighted by molar-refractivity contribution is 5.68. The second-order valence-corrected chi connectivity index (χ2v) is 8.45. The van der Waals surface area contributed by atoms with Crippen LogP contribution in [0.4, 0.5) is 4.39 Å². The summed E-state index contributed by atoms with van der Waals surface area (Å²) in [6, 6.07) is 8.71. The first-order valence-corrected chi connectivity index (χ1v) is 10.1. The molecule has 2 aromatic heterocycles. The van der Waals surface area contributed by atoms with Crippen LogP contribution in [0.5, 0.6) is 11.6 Å². The van der Waals surface area contributed by atoms with Gasteiger partial charge in [0, 0.05) is 42.6 Å². The van der Waals surface area contributed by atoms with Crippen LogP contribution in [0.15, 0.2) is 49.1 Å². The van der Waals surface area contributed by atoms with Crippen molar-refractivity contribution in [2.45, 2.75) is 37.6 Å². The molecule has 7 nitrogen and oxygen atoms in total. The predicted octanol–water partition coefficient (Wildman–Crippen LogP) is 3.23. The van der Waals surface area contributed by atoms with E-state index in [0.717, 1.165) is 25.1 Å². The lowest BCUT2D eigenvalue weighted by Gasteiger charge is -2.56. The molecule has 1 saturated carbocycles. The fourth-order valence-electron chi connectivity index (χ4n) is 4.66. The summed E-state index contributed by atoms with van der Waals surface area (Å²) in [5.41, 5.74) is 1.38. The molecule has 0 spiro atoms. The molecule has 3 aliphatic rings. The van der Waals surface area contributed by atoms with Crippen molar-refractivity contribution in [2.75, 3.05) is 13.6 Å². The first kappa shape index (κ1) is 19.0. The van der Waals surface area contributed by atoms with Crippen LogP contribution in [0.1, 0.15) is 19.8 Å². The van der Waals surface area contributed by atoms with Gasteiger partial charge in [-0.1, -0.05) is 0 Å². The Labute approximate surface area is 174 Å². The Balaban J connectivity index is 1.34. The number of nitrogens with zero attached hydrogens (tertiary/aromatic N) is 5. The number of hydrogen-bond donors (Lipinski definition) is 1. The molecular weight excluding hydrogens is 385 g/mol. The molecule has 156 valence electrons. The second-order valence-electron chi connectivity index (χ2n) is 8.45. The summed E-state index contributed by atoms with van der Waals surface area (Å²) < 4.78 is 22.9. The van der Waals surface area contributed by atoms with Crippen molar-refractivity contribution in [1.82, 2.24) is 24.6 Å². The number of aromatic hydroxyl groups is 1. The van der Waals surface area contributed by atoms with Gasteiger partial charge in [-0.15, -0.1) is 10.2 Å². The molecule has 6 rings (SSSR count). The van der Waals surface area contributed by atoms with E-state index in [1.54, 1.807) is 47.6 Å². The van der Waals surface area contributed by atoms with E-state index in [1.807, 2.05) is 20.0 Å². The number of phenolic OH excluding ortho intramolecular Hbond substituents is 1. The summed E-state index contributed by atoms with van der Waals surface area (Å²) in [6.07, 6.45) is 5.35. The van der Waals surface area contributed by atoms with E-state index in [1.165, 1.54) is 0 Å². The predicted molar refractivity (Wildman–Crippen MR) is 109 cm³/mol. The number of imidazole rings is 1. The van der Waals surface area contributed by atoms with Crippen LogP contribution < -0.4 is 4.74 Å². The van der Waals surface area contributed by atoms with Gasteiger partial charge in [-0.3, -0.25) is 4.90 Å². The van der Waals surface area contributed by atoms with Crippen LogP contribution in [-0.4, -0.2) is 61.2 Å². The van der Waals surface area contributed by atoms with Crippen molar-refractivity contribution in [3.63, 3.8) is 0 Å². The number of halogens is 1. The third-order valence-corrected chi connectivity index (χ3v) is 6.71. The molecule has 0 radical (unpaired) electrons. The molecule has 3 fully saturated rings. The van der Waals surface area contributed by atoms with Gasteiger partial charge in [0.1, 0.15) is 11.9 Å². The zero-order chi connectivity index (χ0) is 20.9. The van der Waals surface area contributed by atoms with Gasteiger partial charge in [0.15, 0.2) is 6.17 Å². The normalized spacial score (nSPS) is 28.6. The van der Waals surface area contributed by atoms with Crippen molar-refractivity contribution < 1.29 is 14.2 Å². The number of aromatic nitrogens is 4. The third kappa shape index (κ3) is 3.02. The summed E-state index contributed by atoms with van der Waals surface area (Å²) in [5, 5.41) is 18.8. The number of ether oxygens (including phenoxy) is 1. The van der Waals surface area contributed by atoms with E-state index in [-0.39, 0.29) is 11.7 Å². The van der Waals surface area contributed by atoms with Crippen LogP contribution >= 0.6 is 0 Å². The number of hydrogen-bond acceptors (Lipinski definition) is 6. The molecule has 2 saturated heterocycles. The Kier molecular flexibility index (Phi) is 4.47. The lowest BCUT2D eigenvalue weighted by atomic mass is 9.68. The number of benzene rings is 1. The molecule has 2 aliphatic heterocycles. The Morgan fingerprint density at radius 2 is 2.10 bits per heavy atom. The molecule has 1 aromatic carbocycles. The zero-order valence-electron chi connectivity index (χ0n) is 16.9. The third-order valence-electron chi connectivity index (χ3n) is 6.71. The molecular formula is C22H24FN5O2. The van der Waals surface area contributed by atoms with E-state index in [2.05, 4.69) is 20.1 Å². The summed E-state index contributed by atoms with van der Waals surface area (Å²) in [7, 11) is 1.98. The minimum absolute atomic E-state index is 0.0912. The van der Waals surface area contributed by atoms with Gasteiger partial charge >= 0.3 is 0 Å². The van der Waals surface area contributed by atoms with Crippen molar-refractivity contribution in [2.24, 2.45) is 5.92 Å². The average molecular weight is 409 g/mol. The molecule has 1 unspecified atom stereocenters. The monoisotopic (exact) mass is 409 g/mol. The maximum atomic E-state index is 15.2. The van der Waals surface area contributed by atoms with Crippen molar-refractivity contribution >= 4 is 0 Å². The van der Waals surface area contributed by atoms with E-state index >= 15 is 4.39 Å². The molecule has 2 bridgehead atoms. The van der Waals surface area contributed by atoms with Gasteiger partial charge in [-0.25, -0.2) is 9.37 Å². The first-order chi connectivity index (χ1) is 14.5. The topological polar surface area (TPSA) is 76.3 Å². The van der Waals surface area contributed by atoms with Gasteiger partial charge < -0.3 is 14.4 Å². The molecule has 8 heteroatoms. The summed E-state index contributed by atoms with van der Waals surface area (Å²) in [6.45, 7) is 2.79. The highest BCUT2D eigenvalue weighted by Gasteiger charge is 2.55. The van der Waals surface area contributed by atoms with Gasteiger partial charge in [0.25, 0.3) is 0 Å². The van der Waals surface area contributed by atoms with Crippen LogP contribution in [0.25, 0.3) is 16.9 Å². The lowest BCUT2D eigenvalue weighted by molar-refractivity contribution is -0.136. The average Bonchev–Trinajstić information content (AvgIpc) is 3.28. The molecule has 1 N–H and O–H groups in total. The van der Waals surface area contributed by atoms with Crippen LogP contribution in [0.2, 0.25) is 0 Å². The highest BCUT2D eigenvalue weighted by atomic mass is 19.1. The van der Waals surface area contributed by atoms with E-state index in [9.17, 15) is 5.11 Å². The van der Waals surface area contributed by atoms with Crippen molar-refractivity contribution in [3.8, 4) is 28.6 Å². The summed E-state index contributed by atoms with van der Waals surface area (Å²) >= 11 is 0. The Hall–Kier alpha value is -3.00. The van der Waals surface area contributed by atoms with Gasteiger partial charge in [-0.05, 0) is 45.0 Å². The molecule has 3 aromatic rings. The van der Waals surface area contributed by atoms with E-state index in [4.69, 9.17) is 4.74 Å². The first-order valence-electron chi connectivity index (χ1n) is 10.1. The summed E-state index contributed by atoms with van der Waals surface area (Å²) in [4.78, 5) is 6.12. The van der Waals surface area contributed by atoms with Crippen LogP contribution in [0.3, 0.4) is 0 Å². The molecule has 1 aliphatic carbocycles. The van der Waals surface area contributed by atoms with Gasteiger partial charge in [0.2, 0.25) is 5.88 Å². The largest absolute Gasteiger partial charge is 0.507 e. The van der Waals surface area contributed by atoms with E-state index in [0.29, 0.717) is 17.1 Å². The van der Waals surface area contributed by atoms with Crippen molar-refractivity contribution in [3.05, 3.63) is 49.1 Å². The van der Waals surface area contributed by atoms with Crippen molar-refractivity contribution in [1.29, 1.82) is 0 Å². The quantitative estimate of drug-likeness (QED) is 0.713. The zero-order valence-corrected chi connectivity index (χ0v) is 16.9. The van der Waals surface area contributed by atoms with Gasteiger partial charge in [0.05, 0.1) is 23.2 Å². The Morgan fingerprint density at radius 3 is 2.77 bits per heavy atom. The standard InChI is InChI=1S/C22H24FN5O2/c1-22-8-7-14(12-27(22)2)20(21(22)23)30-19-6-5-17(25-26-19)16-4-3-15(11-18(16)29)28-10-9-24-13-28/h3-6,9-11,13-14,20-21,29H,7-8,12H2,1-2H3/t14?,20-,21-,22-/m0/s1. The Morgan fingerprint density at radius 1 is 1.23 bits per heavy atom. The van der Waals surface area contributed by atoms with Crippen LogP contribution in [-0.2, 0) is 0 Å². The van der Waals surface area contributed by atoms with E-state index < -0.39 is 17.8 Å². The maximum absolute atomic E-state index is 15.2. The van der Waals surface area contributed by atoms with Gasteiger partial charge in [-0.2, -0.15) is 0 Å². The molecule has 30 heavy (non-hydrogen) atoms. The maximum Gasteiger partial charge on any atom is 0.233 e. The van der Waals surface area contributed by atoms with Crippen LogP contribution in [0, 0.1) is 5.92 Å². The SMILES string of the molecule is CN1CC2CC[C@@]1(C)[C@@H](F)[C@H]2Oc1ccc(-c2ccc(-n3ccnc3)cc2O)nn1. The number of rotatable bonds is 4. The summed E-state index contributed by atoms with van der Waals surface area (Å²) in [5.74, 6) is 0.543. The fraction of sp³-hybridized carbons (Fsp3) is 0.409. The number of alkyl halides is 1. The minimum Gasteiger partial charge on any atom is -0.507 e. The molecule has 0 amide bonds. The molecule has 4 heterocycles. The highest BCUT2D eigenvalue weighted by Crippen LogP contribution is 2.45. The number of piperidine rings is 2. The second kappa shape index (κ2) is 7.05. The lowest BCUT2D eigenvalue weighted by Crippen LogP contribution is -2.68. The number of fused-ring (bicyclic) bond motifs is 3. The number of phenols is 1.